The molecule has 1 heterocycles. The van der Waals surface area contributed by atoms with Crippen LogP contribution in [0, 0.1) is 0 Å². The number of hydrogen-bond donors (Lipinski definition) is 1. The van der Waals surface area contributed by atoms with E-state index in [0.29, 0.717) is 16.9 Å². The Morgan fingerprint density at radius 2 is 2.43 bits per heavy atom. The van der Waals surface area contributed by atoms with Gasteiger partial charge in [-0.2, -0.15) is 10.2 Å². The van der Waals surface area contributed by atoms with Crippen molar-refractivity contribution in [1.29, 1.82) is 0 Å². The molecule has 0 radical (unpaired) electrons. The number of nitrogens with one attached hydrogen (secondary N) is 1. The fraction of sp³-hybridized carbons (Fsp3) is 0.444. The molecule has 1 amide bonds. The molecule has 0 spiro atoms. The zero-order chi connectivity index (χ0) is 10.4. The summed E-state index contributed by atoms with van der Waals surface area (Å²) in [5.74, 6) is -0.104. The smallest absolute Gasteiger partial charge is 0.252 e. The summed E-state index contributed by atoms with van der Waals surface area (Å²) in [5.41, 5.74) is 0.544. The number of amides is 1. The van der Waals surface area contributed by atoms with Gasteiger partial charge < -0.3 is 5.32 Å². The van der Waals surface area contributed by atoms with E-state index < -0.39 is 0 Å². The monoisotopic (exact) mass is 257 g/mol. The Balaban J connectivity index is 2.36. The SMILES string of the molecule is CC(Br)CCNC(=O)c1ccnnc1. The van der Waals surface area contributed by atoms with E-state index in [2.05, 4.69) is 31.4 Å². The van der Waals surface area contributed by atoms with Gasteiger partial charge in [0.15, 0.2) is 0 Å². The van der Waals surface area contributed by atoms with Crippen LogP contribution in [0.2, 0.25) is 0 Å². The van der Waals surface area contributed by atoms with Gasteiger partial charge in [-0.15, -0.1) is 0 Å². The van der Waals surface area contributed by atoms with Gasteiger partial charge in [0.1, 0.15) is 0 Å². The van der Waals surface area contributed by atoms with Gasteiger partial charge in [0, 0.05) is 11.4 Å². The molecule has 1 rings (SSSR count). The second-order valence-corrected chi connectivity index (χ2v) is 4.52. The summed E-state index contributed by atoms with van der Waals surface area (Å²) in [6.45, 7) is 2.70. The minimum atomic E-state index is -0.104. The van der Waals surface area contributed by atoms with Crippen molar-refractivity contribution in [3.63, 3.8) is 0 Å². The third-order valence-corrected chi connectivity index (χ3v) is 2.13. The van der Waals surface area contributed by atoms with E-state index in [0.717, 1.165) is 6.42 Å². The third-order valence-electron chi connectivity index (χ3n) is 1.67. The normalized spacial score (nSPS) is 12.1. The fourth-order valence-corrected chi connectivity index (χ4v) is 1.14. The van der Waals surface area contributed by atoms with Gasteiger partial charge in [0.05, 0.1) is 18.0 Å². The van der Waals surface area contributed by atoms with Crippen LogP contribution in [0.15, 0.2) is 18.5 Å². The predicted molar refractivity (Wildman–Crippen MR) is 57.4 cm³/mol. The van der Waals surface area contributed by atoms with Gasteiger partial charge in [-0.1, -0.05) is 22.9 Å². The summed E-state index contributed by atoms with van der Waals surface area (Å²) in [7, 11) is 0. The van der Waals surface area contributed by atoms with Gasteiger partial charge in [-0.25, -0.2) is 0 Å². The zero-order valence-corrected chi connectivity index (χ0v) is 9.49. The molecule has 1 N–H and O–H groups in total. The first-order chi connectivity index (χ1) is 6.70. The first-order valence-electron chi connectivity index (χ1n) is 4.39. The molecule has 5 heteroatoms. The summed E-state index contributed by atoms with van der Waals surface area (Å²) < 4.78 is 0. The van der Waals surface area contributed by atoms with Crippen LogP contribution in [-0.2, 0) is 0 Å². The van der Waals surface area contributed by atoms with Gasteiger partial charge >= 0.3 is 0 Å². The Bertz CT molecular complexity index is 289. The summed E-state index contributed by atoms with van der Waals surface area (Å²) in [4.78, 5) is 11.8. The van der Waals surface area contributed by atoms with Gasteiger partial charge in [0.25, 0.3) is 5.91 Å². The molecule has 0 saturated heterocycles. The van der Waals surface area contributed by atoms with Crippen molar-refractivity contribution >= 4 is 21.8 Å². The standard InChI is InChI=1S/C9H12BrN3O/c1-7(10)2-4-11-9(14)8-3-5-12-13-6-8/h3,5-7H,2,4H2,1H3,(H,11,14). The number of carbonyl (C=O) groups excluding carboxylic acids is 1. The number of carbonyl (C=O) groups is 1. The van der Waals surface area contributed by atoms with Crippen LogP contribution in [0.3, 0.4) is 0 Å². The molecule has 0 saturated carbocycles. The van der Waals surface area contributed by atoms with Crippen molar-refractivity contribution < 1.29 is 4.79 Å². The topological polar surface area (TPSA) is 54.9 Å². The van der Waals surface area contributed by atoms with E-state index >= 15 is 0 Å². The van der Waals surface area contributed by atoms with E-state index in [4.69, 9.17) is 0 Å². The lowest BCUT2D eigenvalue weighted by atomic mass is 10.3. The molecule has 4 nitrogen and oxygen atoms in total. The van der Waals surface area contributed by atoms with Crippen molar-refractivity contribution in [2.24, 2.45) is 0 Å². The second kappa shape index (κ2) is 5.70. The van der Waals surface area contributed by atoms with Crippen LogP contribution in [-0.4, -0.2) is 27.5 Å². The Morgan fingerprint density at radius 1 is 1.64 bits per heavy atom. The molecule has 0 bridgehead atoms. The van der Waals surface area contributed by atoms with Gasteiger partial charge in [-0.05, 0) is 12.5 Å². The highest BCUT2D eigenvalue weighted by atomic mass is 79.9. The zero-order valence-electron chi connectivity index (χ0n) is 7.90. The Morgan fingerprint density at radius 3 is 3.00 bits per heavy atom. The molecule has 0 aromatic carbocycles. The van der Waals surface area contributed by atoms with Crippen molar-refractivity contribution in [2.45, 2.75) is 18.2 Å². The lowest BCUT2D eigenvalue weighted by Gasteiger charge is -2.05. The van der Waals surface area contributed by atoms with Crippen molar-refractivity contribution in [1.82, 2.24) is 15.5 Å². The number of aromatic nitrogens is 2. The van der Waals surface area contributed by atoms with Crippen LogP contribution in [0.4, 0.5) is 0 Å². The van der Waals surface area contributed by atoms with E-state index in [-0.39, 0.29) is 5.91 Å². The first kappa shape index (κ1) is 11.1. The quantitative estimate of drug-likeness (QED) is 0.830. The summed E-state index contributed by atoms with van der Waals surface area (Å²) in [5, 5.41) is 10.0. The molecule has 76 valence electrons. The van der Waals surface area contributed by atoms with Crippen molar-refractivity contribution in [3.05, 3.63) is 24.0 Å². The maximum Gasteiger partial charge on any atom is 0.252 e. The number of halogens is 1. The lowest BCUT2D eigenvalue weighted by molar-refractivity contribution is 0.0953. The van der Waals surface area contributed by atoms with Crippen molar-refractivity contribution in [3.8, 4) is 0 Å². The number of rotatable bonds is 4. The Labute approximate surface area is 91.2 Å². The number of nitrogens with zero attached hydrogens (tertiary/aromatic N) is 2. The van der Waals surface area contributed by atoms with Crippen LogP contribution in [0.5, 0.6) is 0 Å². The largest absolute Gasteiger partial charge is 0.352 e. The highest BCUT2D eigenvalue weighted by Gasteiger charge is 2.04. The van der Waals surface area contributed by atoms with Gasteiger partial charge in [0.2, 0.25) is 0 Å². The molecular formula is C9H12BrN3O. The highest BCUT2D eigenvalue weighted by Crippen LogP contribution is 2.01. The molecule has 0 fully saturated rings. The highest BCUT2D eigenvalue weighted by molar-refractivity contribution is 9.09. The van der Waals surface area contributed by atoms with Gasteiger partial charge in [-0.3, -0.25) is 4.79 Å². The fourth-order valence-electron chi connectivity index (χ4n) is 0.912. The van der Waals surface area contributed by atoms with E-state index in [1.165, 1.54) is 12.4 Å². The third kappa shape index (κ3) is 3.83. The molecule has 1 unspecified atom stereocenters. The molecule has 1 atom stereocenters. The molecule has 0 aliphatic heterocycles. The molecule has 14 heavy (non-hydrogen) atoms. The predicted octanol–water partition coefficient (Wildman–Crippen LogP) is 1.38. The summed E-state index contributed by atoms with van der Waals surface area (Å²) in [6, 6.07) is 1.64. The number of alkyl halides is 1. The molecular weight excluding hydrogens is 246 g/mol. The summed E-state index contributed by atoms with van der Waals surface area (Å²) >= 11 is 3.41. The Hall–Kier alpha value is -0.970. The van der Waals surface area contributed by atoms with E-state index in [9.17, 15) is 4.79 Å². The molecule has 0 aliphatic carbocycles. The summed E-state index contributed by atoms with van der Waals surface area (Å²) in [6.07, 6.45) is 3.86. The minimum absolute atomic E-state index is 0.104. The van der Waals surface area contributed by atoms with E-state index in [1.807, 2.05) is 6.92 Å². The maximum atomic E-state index is 11.4. The maximum absolute atomic E-state index is 11.4. The first-order valence-corrected chi connectivity index (χ1v) is 5.30. The second-order valence-electron chi connectivity index (χ2n) is 2.96. The molecule has 1 aromatic rings. The molecule has 1 aromatic heterocycles. The van der Waals surface area contributed by atoms with Crippen LogP contribution < -0.4 is 5.32 Å². The number of hydrogen-bond acceptors (Lipinski definition) is 3. The van der Waals surface area contributed by atoms with E-state index in [1.54, 1.807) is 6.07 Å². The van der Waals surface area contributed by atoms with Crippen molar-refractivity contribution in [2.75, 3.05) is 6.54 Å². The van der Waals surface area contributed by atoms with Crippen LogP contribution in [0.1, 0.15) is 23.7 Å². The van der Waals surface area contributed by atoms with Crippen LogP contribution in [0.25, 0.3) is 0 Å². The average Bonchev–Trinajstić information content (AvgIpc) is 2.18. The average molecular weight is 258 g/mol. The lowest BCUT2D eigenvalue weighted by Crippen LogP contribution is -2.25. The molecule has 0 aliphatic rings. The van der Waals surface area contributed by atoms with Crippen LogP contribution >= 0.6 is 15.9 Å². The minimum Gasteiger partial charge on any atom is -0.352 e. The Kier molecular flexibility index (Phi) is 4.52.